The molecule has 4 aromatic rings. The Kier molecular flexibility index (Phi) is 8.98. The van der Waals surface area contributed by atoms with Crippen molar-refractivity contribution in [1.82, 2.24) is 14.9 Å². The maximum Gasteiger partial charge on any atom is 0.270 e. The highest BCUT2D eigenvalue weighted by Crippen LogP contribution is 2.34. The van der Waals surface area contributed by atoms with Crippen LogP contribution in [0, 0.1) is 0 Å². The van der Waals surface area contributed by atoms with Gasteiger partial charge in [0.2, 0.25) is 0 Å². The van der Waals surface area contributed by atoms with Crippen LogP contribution in [0.2, 0.25) is 0 Å². The van der Waals surface area contributed by atoms with Crippen molar-refractivity contribution in [3.05, 3.63) is 125 Å². The molecule has 4 nitrogen and oxygen atoms in total. The summed E-state index contributed by atoms with van der Waals surface area (Å²) in [6.45, 7) is 0.603. The standard InChI is InChI=1S/C33H37N3OS/c1-38-23-22-29-31(33(37)34-28-20-12-5-13-21-28)36(24-25-14-6-2-7-15-25)32(35-29)30(26-16-8-3-9-17-26)27-18-10-4-11-19-27/h2-4,6-11,14-19,28,30H,5,12-13,20-24H2,1H3,(H,34,37). The lowest BCUT2D eigenvalue weighted by atomic mass is 9.90. The lowest BCUT2D eigenvalue weighted by molar-refractivity contribution is 0.0917. The van der Waals surface area contributed by atoms with Crippen molar-refractivity contribution >= 4 is 17.7 Å². The van der Waals surface area contributed by atoms with Crippen molar-refractivity contribution in [3.8, 4) is 0 Å². The zero-order valence-electron chi connectivity index (χ0n) is 22.2. The second-order valence-corrected chi connectivity index (χ2v) is 11.1. The van der Waals surface area contributed by atoms with Gasteiger partial charge in [-0.2, -0.15) is 11.8 Å². The highest BCUT2D eigenvalue weighted by molar-refractivity contribution is 7.98. The van der Waals surface area contributed by atoms with Crippen LogP contribution < -0.4 is 5.32 Å². The van der Waals surface area contributed by atoms with Crippen LogP contribution in [0.25, 0.3) is 0 Å². The first-order valence-corrected chi connectivity index (χ1v) is 15.2. The van der Waals surface area contributed by atoms with Crippen LogP contribution in [-0.2, 0) is 13.0 Å². The Balaban J connectivity index is 1.67. The van der Waals surface area contributed by atoms with E-state index in [0.29, 0.717) is 6.54 Å². The van der Waals surface area contributed by atoms with Crippen LogP contribution in [0.1, 0.15) is 76.7 Å². The number of aryl methyl sites for hydroxylation is 1. The van der Waals surface area contributed by atoms with Crippen LogP contribution in [0.5, 0.6) is 0 Å². The second kappa shape index (κ2) is 13.0. The molecule has 5 heteroatoms. The van der Waals surface area contributed by atoms with Gasteiger partial charge < -0.3 is 9.88 Å². The molecule has 1 amide bonds. The highest BCUT2D eigenvalue weighted by Gasteiger charge is 2.30. The van der Waals surface area contributed by atoms with E-state index in [1.807, 2.05) is 6.07 Å². The lowest BCUT2D eigenvalue weighted by Gasteiger charge is -2.24. The topological polar surface area (TPSA) is 46.9 Å². The monoisotopic (exact) mass is 523 g/mol. The molecule has 38 heavy (non-hydrogen) atoms. The number of aromatic nitrogens is 2. The molecular weight excluding hydrogens is 486 g/mol. The summed E-state index contributed by atoms with van der Waals surface area (Å²) in [5.74, 6) is 1.79. The maximum absolute atomic E-state index is 14.0. The normalized spacial score (nSPS) is 14.1. The summed E-state index contributed by atoms with van der Waals surface area (Å²) in [6.07, 6.45) is 8.62. The molecule has 1 fully saturated rings. The number of thioether (sulfide) groups is 1. The van der Waals surface area contributed by atoms with E-state index in [-0.39, 0.29) is 17.9 Å². The zero-order chi connectivity index (χ0) is 26.2. The third-order valence-electron chi connectivity index (χ3n) is 7.48. The third-order valence-corrected chi connectivity index (χ3v) is 8.09. The molecular formula is C33H37N3OS. The fraction of sp³-hybridized carbons (Fsp3) is 0.333. The van der Waals surface area contributed by atoms with Gasteiger partial charge in [0, 0.05) is 19.0 Å². The average molecular weight is 524 g/mol. The van der Waals surface area contributed by atoms with E-state index in [4.69, 9.17) is 4.98 Å². The average Bonchev–Trinajstić information content (AvgIpc) is 3.31. The van der Waals surface area contributed by atoms with Crippen molar-refractivity contribution in [2.45, 2.75) is 57.0 Å². The molecule has 0 unspecified atom stereocenters. The van der Waals surface area contributed by atoms with Crippen LogP contribution in [-0.4, -0.2) is 33.5 Å². The van der Waals surface area contributed by atoms with Gasteiger partial charge in [-0.3, -0.25) is 4.79 Å². The molecule has 1 N–H and O–H groups in total. The number of hydrogen-bond acceptors (Lipinski definition) is 3. The molecule has 1 aliphatic rings. The molecule has 196 valence electrons. The number of nitrogens with zero attached hydrogens (tertiary/aromatic N) is 2. The van der Waals surface area contributed by atoms with E-state index in [9.17, 15) is 4.79 Å². The smallest absolute Gasteiger partial charge is 0.270 e. The Hall–Kier alpha value is -3.31. The second-order valence-electron chi connectivity index (χ2n) is 10.1. The summed E-state index contributed by atoms with van der Waals surface area (Å²) in [6, 6.07) is 31.8. The molecule has 1 saturated carbocycles. The Labute approximate surface area is 230 Å². The van der Waals surface area contributed by atoms with Crippen molar-refractivity contribution in [2.24, 2.45) is 0 Å². The molecule has 1 aliphatic carbocycles. The highest BCUT2D eigenvalue weighted by atomic mass is 32.2. The molecule has 1 heterocycles. The fourth-order valence-corrected chi connectivity index (χ4v) is 5.97. The summed E-state index contributed by atoms with van der Waals surface area (Å²) in [5.41, 5.74) is 5.13. The first-order chi connectivity index (χ1) is 18.7. The van der Waals surface area contributed by atoms with E-state index in [1.54, 1.807) is 11.8 Å². The van der Waals surface area contributed by atoms with Crippen LogP contribution >= 0.6 is 11.8 Å². The minimum Gasteiger partial charge on any atom is -0.348 e. The van der Waals surface area contributed by atoms with Gasteiger partial charge in [-0.25, -0.2) is 4.98 Å². The number of amides is 1. The molecule has 0 atom stereocenters. The van der Waals surface area contributed by atoms with Gasteiger partial charge in [0.15, 0.2) is 0 Å². The first kappa shape index (κ1) is 26.3. The zero-order valence-corrected chi connectivity index (χ0v) is 23.0. The number of carbonyl (C=O) groups excluding carboxylic acids is 1. The van der Waals surface area contributed by atoms with E-state index in [0.717, 1.165) is 47.8 Å². The van der Waals surface area contributed by atoms with Crippen molar-refractivity contribution < 1.29 is 4.79 Å². The molecule has 0 aliphatic heterocycles. The van der Waals surface area contributed by atoms with Gasteiger partial charge in [0.1, 0.15) is 11.5 Å². The van der Waals surface area contributed by atoms with Gasteiger partial charge >= 0.3 is 0 Å². The van der Waals surface area contributed by atoms with Gasteiger partial charge in [-0.15, -0.1) is 0 Å². The van der Waals surface area contributed by atoms with Crippen LogP contribution in [0.15, 0.2) is 91.0 Å². The molecule has 5 rings (SSSR count). The number of nitrogens with one attached hydrogen (secondary N) is 1. The number of benzene rings is 3. The number of carbonyl (C=O) groups is 1. The Morgan fingerprint density at radius 3 is 2.05 bits per heavy atom. The first-order valence-electron chi connectivity index (χ1n) is 13.8. The number of hydrogen-bond donors (Lipinski definition) is 1. The summed E-state index contributed by atoms with van der Waals surface area (Å²) in [5, 5.41) is 3.40. The van der Waals surface area contributed by atoms with Gasteiger partial charge in [0.25, 0.3) is 5.91 Å². The lowest BCUT2D eigenvalue weighted by Crippen LogP contribution is -2.38. The number of rotatable bonds is 10. The predicted molar refractivity (Wildman–Crippen MR) is 158 cm³/mol. The van der Waals surface area contributed by atoms with Crippen molar-refractivity contribution in [2.75, 3.05) is 12.0 Å². The minimum atomic E-state index is -0.0784. The molecule has 0 saturated heterocycles. The molecule has 1 aromatic heterocycles. The van der Waals surface area contributed by atoms with Gasteiger partial charge in [-0.1, -0.05) is 110 Å². The van der Waals surface area contributed by atoms with E-state index >= 15 is 0 Å². The Morgan fingerprint density at radius 2 is 1.47 bits per heavy atom. The quantitative estimate of drug-likeness (QED) is 0.242. The minimum absolute atomic E-state index is 0.0163. The van der Waals surface area contributed by atoms with Crippen LogP contribution in [0.3, 0.4) is 0 Å². The largest absolute Gasteiger partial charge is 0.348 e. The van der Waals surface area contributed by atoms with Gasteiger partial charge in [-0.05, 0) is 41.5 Å². The Morgan fingerprint density at radius 1 is 0.895 bits per heavy atom. The van der Waals surface area contributed by atoms with Crippen LogP contribution in [0.4, 0.5) is 0 Å². The predicted octanol–water partition coefficient (Wildman–Crippen LogP) is 7.08. The summed E-state index contributed by atoms with van der Waals surface area (Å²) < 4.78 is 2.20. The third kappa shape index (κ3) is 6.21. The SMILES string of the molecule is CSCCc1nc(C(c2ccccc2)c2ccccc2)n(Cc2ccccc2)c1C(=O)NC1CCCCC1. The molecule has 0 radical (unpaired) electrons. The summed E-state index contributed by atoms with van der Waals surface area (Å²) >= 11 is 1.79. The van der Waals surface area contributed by atoms with Gasteiger partial charge in [0.05, 0.1) is 11.6 Å². The van der Waals surface area contributed by atoms with E-state index < -0.39 is 0 Å². The Bertz CT molecular complexity index is 1260. The molecule has 0 bridgehead atoms. The molecule has 0 spiro atoms. The van der Waals surface area contributed by atoms with E-state index in [1.165, 1.54) is 30.4 Å². The van der Waals surface area contributed by atoms with E-state index in [2.05, 4.69) is 101 Å². The fourth-order valence-electron chi connectivity index (χ4n) is 5.58. The molecule has 3 aromatic carbocycles. The number of imidazole rings is 1. The van der Waals surface area contributed by atoms with Crippen molar-refractivity contribution in [1.29, 1.82) is 0 Å². The summed E-state index contributed by atoms with van der Waals surface area (Å²) in [4.78, 5) is 19.3. The maximum atomic E-state index is 14.0. The summed E-state index contributed by atoms with van der Waals surface area (Å²) in [7, 11) is 0. The van der Waals surface area contributed by atoms with Crippen molar-refractivity contribution in [3.63, 3.8) is 0 Å².